The van der Waals surface area contributed by atoms with Crippen LogP contribution in [0.25, 0.3) is 0 Å². The Morgan fingerprint density at radius 3 is 2.76 bits per heavy atom. The van der Waals surface area contributed by atoms with Crippen molar-refractivity contribution in [1.29, 1.82) is 0 Å². The number of methoxy groups -OCH3 is 1. The van der Waals surface area contributed by atoms with Gasteiger partial charge in [0.1, 0.15) is 10.0 Å². The van der Waals surface area contributed by atoms with E-state index >= 15 is 0 Å². The fourth-order valence-electron chi connectivity index (χ4n) is 3.23. The highest BCUT2D eigenvalue weighted by atomic mass is 32.2. The molecule has 0 unspecified atom stereocenters. The van der Waals surface area contributed by atoms with Gasteiger partial charge < -0.3 is 14.8 Å². The van der Waals surface area contributed by atoms with Gasteiger partial charge in [-0.2, -0.15) is 0 Å². The number of thiophene rings is 1. The van der Waals surface area contributed by atoms with Crippen molar-refractivity contribution in [3.63, 3.8) is 0 Å². The Hall–Kier alpha value is -2.39. The number of aromatic nitrogens is 1. The molecule has 0 radical (unpaired) electrons. The predicted octanol–water partition coefficient (Wildman–Crippen LogP) is 3.72. The van der Waals surface area contributed by atoms with Crippen molar-refractivity contribution in [2.24, 2.45) is 0 Å². The number of carbonyl (C=O) groups excluding carboxylic acids is 3. The zero-order valence-corrected chi connectivity index (χ0v) is 17.9. The number of pyridine rings is 1. The number of ether oxygens (including phenoxy) is 2. The van der Waals surface area contributed by atoms with Gasteiger partial charge in [-0.3, -0.25) is 4.79 Å². The second-order valence-corrected chi connectivity index (χ2v) is 8.34. The number of esters is 2. The van der Waals surface area contributed by atoms with Crippen LogP contribution in [-0.2, 0) is 27.1 Å². The molecular weight excluding hydrogens is 412 g/mol. The Labute approximate surface area is 177 Å². The van der Waals surface area contributed by atoms with Crippen molar-refractivity contribution in [2.75, 3.05) is 25.3 Å². The van der Waals surface area contributed by atoms with Crippen LogP contribution in [0.4, 0.5) is 5.00 Å². The van der Waals surface area contributed by atoms with Crippen molar-refractivity contribution in [3.8, 4) is 0 Å². The Morgan fingerprint density at radius 2 is 2.00 bits per heavy atom. The first-order valence-corrected chi connectivity index (χ1v) is 11.3. The average molecular weight is 435 g/mol. The first-order chi connectivity index (χ1) is 14.0. The van der Waals surface area contributed by atoms with Gasteiger partial charge in [0.25, 0.3) is 5.91 Å². The van der Waals surface area contributed by atoms with E-state index in [-0.39, 0.29) is 0 Å². The number of hydrogen-bond acceptors (Lipinski definition) is 8. The van der Waals surface area contributed by atoms with Gasteiger partial charge in [0.15, 0.2) is 6.61 Å². The summed E-state index contributed by atoms with van der Waals surface area (Å²) < 4.78 is 10.1. The summed E-state index contributed by atoms with van der Waals surface area (Å²) in [5.74, 6) is -1.58. The SMILES string of the molecule is COC(=O)c1c(NC(=O)COC(=O)c2cccnc2SC)sc2c1CCCCC2. The molecule has 1 N–H and O–H groups in total. The van der Waals surface area contributed by atoms with Gasteiger partial charge in [0, 0.05) is 11.1 Å². The van der Waals surface area contributed by atoms with Gasteiger partial charge in [-0.05, 0) is 49.6 Å². The molecule has 0 spiro atoms. The lowest BCUT2D eigenvalue weighted by Crippen LogP contribution is -2.22. The topological polar surface area (TPSA) is 94.6 Å². The van der Waals surface area contributed by atoms with E-state index in [0.717, 1.165) is 42.5 Å². The Bertz CT molecular complexity index is 926. The lowest BCUT2D eigenvalue weighted by atomic mass is 10.1. The molecule has 2 aromatic heterocycles. The summed E-state index contributed by atoms with van der Waals surface area (Å²) in [4.78, 5) is 42.2. The highest BCUT2D eigenvalue weighted by molar-refractivity contribution is 7.98. The summed E-state index contributed by atoms with van der Waals surface area (Å²) >= 11 is 2.72. The molecule has 0 atom stereocenters. The quantitative estimate of drug-likeness (QED) is 0.421. The van der Waals surface area contributed by atoms with Crippen LogP contribution in [0, 0.1) is 0 Å². The molecule has 7 nitrogen and oxygen atoms in total. The van der Waals surface area contributed by atoms with Gasteiger partial charge in [-0.15, -0.1) is 23.1 Å². The van der Waals surface area contributed by atoms with Crippen molar-refractivity contribution >= 4 is 45.9 Å². The minimum atomic E-state index is -0.618. The molecule has 2 aromatic rings. The number of aryl methyl sites for hydroxylation is 1. The number of nitrogens with zero attached hydrogens (tertiary/aromatic N) is 1. The first kappa shape index (κ1) is 21.3. The van der Waals surface area contributed by atoms with Gasteiger partial charge in [0.05, 0.1) is 18.2 Å². The third-order valence-corrected chi connectivity index (χ3v) is 6.50. The summed E-state index contributed by atoms with van der Waals surface area (Å²) in [6.45, 7) is -0.454. The van der Waals surface area contributed by atoms with Crippen LogP contribution >= 0.6 is 23.1 Å². The molecule has 0 aromatic carbocycles. The maximum Gasteiger partial charge on any atom is 0.341 e. The molecule has 1 aliphatic carbocycles. The van der Waals surface area contributed by atoms with Crippen LogP contribution in [0.2, 0.25) is 0 Å². The summed E-state index contributed by atoms with van der Waals surface area (Å²) in [7, 11) is 1.33. The Morgan fingerprint density at radius 1 is 1.21 bits per heavy atom. The number of hydrogen-bond donors (Lipinski definition) is 1. The van der Waals surface area contributed by atoms with Crippen molar-refractivity contribution in [1.82, 2.24) is 4.98 Å². The number of amides is 1. The standard InChI is InChI=1S/C20H22N2O5S2/c1-26-20(25)16-12-7-4-3-5-9-14(12)29-18(16)22-15(23)11-27-19(24)13-8-6-10-21-17(13)28-2/h6,8,10H,3-5,7,9,11H2,1-2H3,(H,22,23). The third kappa shape index (κ3) is 4.97. The Kier molecular flexibility index (Phi) is 7.27. The van der Waals surface area contributed by atoms with E-state index < -0.39 is 24.5 Å². The molecule has 1 aliphatic rings. The van der Waals surface area contributed by atoms with Gasteiger partial charge >= 0.3 is 11.9 Å². The molecule has 29 heavy (non-hydrogen) atoms. The van der Waals surface area contributed by atoms with E-state index in [1.165, 1.54) is 30.2 Å². The normalized spacial score (nSPS) is 13.2. The van der Waals surface area contributed by atoms with Gasteiger partial charge in [-0.25, -0.2) is 14.6 Å². The van der Waals surface area contributed by atoms with Crippen LogP contribution in [0.15, 0.2) is 23.4 Å². The van der Waals surface area contributed by atoms with E-state index in [1.807, 2.05) is 0 Å². The Balaban J connectivity index is 1.70. The molecule has 3 rings (SSSR count). The van der Waals surface area contributed by atoms with Crippen molar-refractivity contribution in [2.45, 2.75) is 37.1 Å². The minimum Gasteiger partial charge on any atom is -0.465 e. The molecule has 0 bridgehead atoms. The monoisotopic (exact) mass is 434 g/mol. The number of anilines is 1. The molecule has 154 valence electrons. The fourth-order valence-corrected chi connectivity index (χ4v) is 5.06. The predicted molar refractivity (Wildman–Crippen MR) is 112 cm³/mol. The van der Waals surface area contributed by atoms with Crippen LogP contribution < -0.4 is 5.32 Å². The second kappa shape index (κ2) is 9.89. The van der Waals surface area contributed by atoms with Crippen molar-refractivity contribution in [3.05, 3.63) is 39.9 Å². The van der Waals surface area contributed by atoms with E-state index in [2.05, 4.69) is 10.3 Å². The second-order valence-electron chi connectivity index (χ2n) is 6.44. The zero-order chi connectivity index (χ0) is 20.8. The van der Waals surface area contributed by atoms with E-state index in [0.29, 0.717) is 21.2 Å². The summed E-state index contributed by atoms with van der Waals surface area (Å²) in [5.41, 5.74) is 1.70. The fraction of sp³-hybridized carbons (Fsp3) is 0.400. The molecule has 0 fully saturated rings. The summed E-state index contributed by atoms with van der Waals surface area (Å²) in [5, 5.41) is 3.71. The number of fused-ring (bicyclic) bond motifs is 1. The number of thioether (sulfide) groups is 1. The van der Waals surface area contributed by atoms with Crippen LogP contribution in [0.5, 0.6) is 0 Å². The molecule has 2 heterocycles. The molecule has 9 heteroatoms. The average Bonchev–Trinajstić information content (AvgIpc) is 2.91. The molecule has 1 amide bonds. The van der Waals surface area contributed by atoms with Gasteiger partial charge in [0.2, 0.25) is 0 Å². The lowest BCUT2D eigenvalue weighted by molar-refractivity contribution is -0.119. The minimum absolute atomic E-state index is 0.311. The van der Waals surface area contributed by atoms with E-state index in [9.17, 15) is 14.4 Å². The zero-order valence-electron chi connectivity index (χ0n) is 16.3. The summed E-state index contributed by atoms with van der Waals surface area (Å²) in [6, 6.07) is 3.24. The molecule has 0 saturated heterocycles. The van der Waals surface area contributed by atoms with Crippen LogP contribution in [0.1, 0.15) is 50.4 Å². The maximum absolute atomic E-state index is 12.4. The van der Waals surface area contributed by atoms with Gasteiger partial charge in [-0.1, -0.05) is 6.42 Å². The first-order valence-electron chi connectivity index (χ1n) is 9.24. The van der Waals surface area contributed by atoms with Crippen LogP contribution in [0.3, 0.4) is 0 Å². The van der Waals surface area contributed by atoms with E-state index in [1.54, 1.807) is 24.6 Å². The van der Waals surface area contributed by atoms with E-state index in [4.69, 9.17) is 9.47 Å². The maximum atomic E-state index is 12.4. The number of rotatable bonds is 6. The largest absolute Gasteiger partial charge is 0.465 e. The third-order valence-electron chi connectivity index (χ3n) is 4.58. The highest BCUT2D eigenvalue weighted by Gasteiger charge is 2.26. The lowest BCUT2D eigenvalue weighted by Gasteiger charge is -2.09. The highest BCUT2D eigenvalue weighted by Crippen LogP contribution is 2.37. The molecule has 0 saturated carbocycles. The van der Waals surface area contributed by atoms with Crippen molar-refractivity contribution < 1.29 is 23.9 Å². The number of carbonyl (C=O) groups is 3. The summed E-state index contributed by atoms with van der Waals surface area (Å²) in [6.07, 6.45) is 8.24. The molecule has 0 aliphatic heterocycles. The molecular formula is C20H22N2O5S2. The van der Waals surface area contributed by atoms with Crippen LogP contribution in [-0.4, -0.2) is 42.8 Å². The number of nitrogens with one attached hydrogen (secondary N) is 1. The smallest absolute Gasteiger partial charge is 0.341 e.